The van der Waals surface area contributed by atoms with Crippen LogP contribution >= 0.6 is 11.6 Å². The predicted molar refractivity (Wildman–Crippen MR) is 77.0 cm³/mol. The molecular weight excluding hydrogens is 294 g/mol. The molecular formula is C15H20ClNO4. The van der Waals surface area contributed by atoms with Crippen molar-refractivity contribution >= 4 is 17.6 Å². The van der Waals surface area contributed by atoms with Crippen molar-refractivity contribution in [2.45, 2.75) is 38.3 Å². The Hall–Kier alpha value is -1.04. The fraction of sp³-hybridized carbons (Fsp3) is 0.667. The monoisotopic (exact) mass is 313 g/mol. The first-order chi connectivity index (χ1) is 9.99. The van der Waals surface area contributed by atoms with Crippen LogP contribution in [0.4, 0.5) is 0 Å². The van der Waals surface area contributed by atoms with Gasteiger partial charge in [-0.25, -0.2) is 0 Å². The lowest BCUT2D eigenvalue weighted by atomic mass is 9.73. The van der Waals surface area contributed by atoms with Crippen LogP contribution in [0.15, 0.2) is 16.5 Å². The topological polar surface area (TPSA) is 73.9 Å². The number of halogens is 1. The van der Waals surface area contributed by atoms with Crippen molar-refractivity contribution in [1.82, 2.24) is 4.90 Å². The third-order valence-corrected chi connectivity index (χ3v) is 4.85. The Morgan fingerprint density at radius 3 is 2.76 bits per heavy atom. The molecule has 0 bridgehead atoms. The summed E-state index contributed by atoms with van der Waals surface area (Å²) < 4.78 is 5.35. The van der Waals surface area contributed by atoms with Crippen LogP contribution in [0, 0.1) is 11.3 Å². The Labute approximate surface area is 128 Å². The van der Waals surface area contributed by atoms with E-state index in [2.05, 4.69) is 0 Å². The summed E-state index contributed by atoms with van der Waals surface area (Å²) in [5, 5.41) is 20.3. The number of nitrogens with zero attached hydrogens (tertiary/aromatic N) is 1. The number of aliphatic hydroxyl groups excluding tert-OH is 1. The number of piperidine rings is 1. The van der Waals surface area contributed by atoms with Gasteiger partial charge in [-0.1, -0.05) is 12.8 Å². The number of aliphatic hydroxyl groups is 1. The van der Waals surface area contributed by atoms with Crippen molar-refractivity contribution in [3.8, 4) is 0 Å². The first-order valence-corrected chi connectivity index (χ1v) is 7.75. The molecule has 3 rings (SSSR count). The van der Waals surface area contributed by atoms with Crippen molar-refractivity contribution < 1.29 is 19.4 Å². The molecule has 1 aliphatic carbocycles. The Kier molecular flexibility index (Phi) is 3.99. The van der Waals surface area contributed by atoms with Gasteiger partial charge in [-0.2, -0.15) is 0 Å². The quantitative estimate of drug-likeness (QED) is 0.873. The number of carboxylic acids is 1. The normalized spacial score (nSPS) is 30.5. The maximum atomic E-state index is 11.8. The highest BCUT2D eigenvalue weighted by molar-refractivity contribution is 6.28. The molecule has 0 amide bonds. The minimum atomic E-state index is -1.05. The molecule has 0 radical (unpaired) electrons. The highest BCUT2D eigenvalue weighted by Crippen LogP contribution is 2.45. The average molecular weight is 314 g/mol. The molecule has 116 valence electrons. The van der Waals surface area contributed by atoms with Crippen molar-refractivity contribution in [3.63, 3.8) is 0 Å². The number of carboxylic acid groups (broad SMARTS) is 1. The molecule has 1 saturated carbocycles. The van der Waals surface area contributed by atoms with Gasteiger partial charge < -0.3 is 14.6 Å². The van der Waals surface area contributed by atoms with Gasteiger partial charge in [-0.05, 0) is 42.5 Å². The van der Waals surface area contributed by atoms with E-state index in [0.29, 0.717) is 43.6 Å². The summed E-state index contributed by atoms with van der Waals surface area (Å²) in [5.41, 5.74) is -1.05. The summed E-state index contributed by atoms with van der Waals surface area (Å²) in [7, 11) is 0. The molecule has 1 saturated heterocycles. The van der Waals surface area contributed by atoms with Crippen LogP contribution in [0.25, 0.3) is 0 Å². The SMILES string of the molecule is O=C(O)[C@]1(CC2CC2)CN(Cc2ccc(Cl)o2)CC[C@@H]1O. The molecule has 1 aromatic rings. The van der Waals surface area contributed by atoms with Gasteiger partial charge in [0, 0.05) is 13.1 Å². The molecule has 0 aromatic carbocycles. The minimum absolute atomic E-state index is 0.338. The largest absolute Gasteiger partial charge is 0.481 e. The standard InChI is InChI=1S/C15H20ClNO4/c16-13-4-3-11(21-13)8-17-6-5-12(18)15(9-17,14(19)20)7-10-1-2-10/h3-4,10,12,18H,1-2,5-9H2,(H,19,20)/t12-,15+/m0/s1. The van der Waals surface area contributed by atoms with Gasteiger partial charge in [-0.3, -0.25) is 9.69 Å². The van der Waals surface area contributed by atoms with Crippen LogP contribution in [0.2, 0.25) is 5.22 Å². The van der Waals surface area contributed by atoms with Crippen LogP contribution < -0.4 is 0 Å². The Morgan fingerprint density at radius 2 is 2.19 bits per heavy atom. The van der Waals surface area contributed by atoms with E-state index >= 15 is 0 Å². The van der Waals surface area contributed by atoms with Crippen molar-refractivity contribution in [2.24, 2.45) is 11.3 Å². The zero-order valence-corrected chi connectivity index (χ0v) is 12.6. The third-order valence-electron chi connectivity index (χ3n) is 4.65. The zero-order chi connectivity index (χ0) is 15.0. The van der Waals surface area contributed by atoms with E-state index in [-0.39, 0.29) is 0 Å². The number of hydrogen-bond donors (Lipinski definition) is 2. The minimum Gasteiger partial charge on any atom is -0.481 e. The number of aliphatic carboxylic acids is 1. The molecule has 5 nitrogen and oxygen atoms in total. The van der Waals surface area contributed by atoms with Gasteiger partial charge in [0.1, 0.15) is 11.2 Å². The van der Waals surface area contributed by atoms with Gasteiger partial charge >= 0.3 is 5.97 Å². The maximum Gasteiger partial charge on any atom is 0.313 e. The van der Waals surface area contributed by atoms with Crippen molar-refractivity contribution in [2.75, 3.05) is 13.1 Å². The number of hydrogen-bond acceptors (Lipinski definition) is 4. The van der Waals surface area contributed by atoms with Crippen LogP contribution in [0.3, 0.4) is 0 Å². The summed E-state index contributed by atoms with van der Waals surface area (Å²) >= 11 is 5.77. The van der Waals surface area contributed by atoms with Crippen LogP contribution in [-0.2, 0) is 11.3 Å². The van der Waals surface area contributed by atoms with Gasteiger partial charge in [0.05, 0.1) is 12.6 Å². The van der Waals surface area contributed by atoms with E-state index in [0.717, 1.165) is 18.6 Å². The molecule has 2 fully saturated rings. The summed E-state index contributed by atoms with van der Waals surface area (Å²) in [6.07, 6.45) is 2.43. The van der Waals surface area contributed by atoms with Crippen LogP contribution in [0.1, 0.15) is 31.4 Å². The van der Waals surface area contributed by atoms with Gasteiger partial charge in [0.15, 0.2) is 5.22 Å². The number of carbonyl (C=O) groups is 1. The lowest BCUT2D eigenvalue weighted by molar-refractivity contribution is -0.165. The smallest absolute Gasteiger partial charge is 0.313 e. The molecule has 2 N–H and O–H groups in total. The fourth-order valence-corrected chi connectivity index (χ4v) is 3.45. The van der Waals surface area contributed by atoms with E-state index in [1.54, 1.807) is 12.1 Å². The summed E-state index contributed by atoms with van der Waals surface area (Å²) in [4.78, 5) is 13.9. The average Bonchev–Trinajstić information content (AvgIpc) is 3.15. The predicted octanol–water partition coefficient (Wildman–Crippen LogP) is 2.37. The highest BCUT2D eigenvalue weighted by atomic mass is 35.5. The molecule has 2 atom stereocenters. The fourth-order valence-electron chi connectivity index (χ4n) is 3.29. The van der Waals surface area contributed by atoms with Crippen LogP contribution in [0.5, 0.6) is 0 Å². The van der Waals surface area contributed by atoms with E-state index < -0.39 is 17.5 Å². The lowest BCUT2D eigenvalue weighted by Crippen LogP contribution is -2.55. The van der Waals surface area contributed by atoms with Crippen molar-refractivity contribution in [3.05, 3.63) is 23.1 Å². The van der Waals surface area contributed by atoms with E-state index in [1.807, 2.05) is 4.90 Å². The Morgan fingerprint density at radius 1 is 1.43 bits per heavy atom. The number of rotatable bonds is 5. The number of furan rings is 1. The van der Waals surface area contributed by atoms with E-state index in [4.69, 9.17) is 16.0 Å². The zero-order valence-electron chi connectivity index (χ0n) is 11.8. The molecule has 1 aromatic heterocycles. The van der Waals surface area contributed by atoms with Gasteiger partial charge in [0.2, 0.25) is 0 Å². The molecule has 2 aliphatic rings. The molecule has 0 unspecified atom stereocenters. The molecule has 2 heterocycles. The van der Waals surface area contributed by atoms with E-state index in [1.165, 1.54) is 0 Å². The van der Waals surface area contributed by atoms with Gasteiger partial charge in [0.25, 0.3) is 0 Å². The first-order valence-electron chi connectivity index (χ1n) is 7.37. The molecule has 1 aliphatic heterocycles. The second kappa shape index (κ2) is 5.63. The summed E-state index contributed by atoms with van der Waals surface area (Å²) in [6, 6.07) is 3.49. The molecule has 0 spiro atoms. The Balaban J connectivity index is 1.74. The molecule has 6 heteroatoms. The maximum absolute atomic E-state index is 11.8. The summed E-state index contributed by atoms with van der Waals surface area (Å²) in [6.45, 7) is 1.55. The van der Waals surface area contributed by atoms with Crippen molar-refractivity contribution in [1.29, 1.82) is 0 Å². The lowest BCUT2D eigenvalue weighted by Gasteiger charge is -2.43. The second-order valence-electron chi connectivity index (χ2n) is 6.33. The molecule has 21 heavy (non-hydrogen) atoms. The summed E-state index contributed by atoms with van der Waals surface area (Å²) in [5.74, 6) is 0.292. The van der Waals surface area contributed by atoms with E-state index in [9.17, 15) is 15.0 Å². The first kappa shape index (κ1) is 14.9. The number of likely N-dealkylation sites (tertiary alicyclic amines) is 1. The Bertz CT molecular complexity index is 527. The van der Waals surface area contributed by atoms with Crippen LogP contribution in [-0.4, -0.2) is 40.3 Å². The van der Waals surface area contributed by atoms with Gasteiger partial charge in [-0.15, -0.1) is 0 Å². The third kappa shape index (κ3) is 3.10. The highest BCUT2D eigenvalue weighted by Gasteiger charge is 2.51. The second-order valence-corrected chi connectivity index (χ2v) is 6.70.